The molecule has 1 heterocycles. The number of piperazine rings is 1. The van der Waals surface area contributed by atoms with Crippen molar-refractivity contribution in [2.75, 3.05) is 50.1 Å². The Bertz CT molecular complexity index is 690. The molecule has 2 N–H and O–H groups in total. The number of anilines is 2. The van der Waals surface area contributed by atoms with Gasteiger partial charge in [0.1, 0.15) is 5.75 Å². The molecule has 1 fully saturated rings. The Hall–Kier alpha value is -2.53. The number of methoxy groups -OCH3 is 1. The third kappa shape index (κ3) is 4.31. The average molecular weight is 340 g/mol. The summed E-state index contributed by atoms with van der Waals surface area (Å²) in [6.45, 7) is 7.98. The second-order valence-electron chi connectivity index (χ2n) is 6.32. The van der Waals surface area contributed by atoms with Crippen LogP contribution in [0, 0.1) is 0 Å². The molecule has 5 nitrogen and oxygen atoms in total. The topological polar surface area (TPSA) is 46.0 Å². The molecule has 0 saturated carbocycles. The minimum Gasteiger partial charge on any atom is -0.497 e. The summed E-state index contributed by atoms with van der Waals surface area (Å²) in [4.78, 5) is 16.4. The Morgan fingerprint density at radius 3 is 2.28 bits per heavy atom. The van der Waals surface area contributed by atoms with E-state index in [0.717, 1.165) is 24.5 Å². The van der Waals surface area contributed by atoms with Crippen LogP contribution in [0.5, 0.6) is 5.75 Å². The molecule has 132 valence electrons. The molecule has 0 spiro atoms. The molecule has 0 aliphatic carbocycles. The Balaban J connectivity index is 1.59. The van der Waals surface area contributed by atoms with Gasteiger partial charge in [-0.25, -0.2) is 0 Å². The van der Waals surface area contributed by atoms with Gasteiger partial charge in [-0.1, -0.05) is 0 Å². The van der Waals surface area contributed by atoms with Crippen LogP contribution in [0.1, 0.15) is 17.3 Å². The number of ether oxygens (including phenoxy) is 1. The van der Waals surface area contributed by atoms with Crippen molar-refractivity contribution >= 4 is 17.3 Å². The zero-order chi connectivity index (χ0) is 17.6. The van der Waals surface area contributed by atoms with Crippen molar-refractivity contribution in [3.8, 4) is 5.75 Å². The zero-order valence-electron chi connectivity index (χ0n) is 14.9. The normalized spacial score (nSPS) is 15.0. The van der Waals surface area contributed by atoms with Crippen molar-refractivity contribution in [3.05, 3.63) is 54.1 Å². The molecule has 1 saturated heterocycles. The molecular weight excluding hydrogens is 314 g/mol. The van der Waals surface area contributed by atoms with Gasteiger partial charge in [-0.15, -0.1) is 0 Å². The van der Waals surface area contributed by atoms with E-state index >= 15 is 0 Å². The number of rotatable bonds is 5. The van der Waals surface area contributed by atoms with Gasteiger partial charge in [0.15, 0.2) is 0 Å². The lowest BCUT2D eigenvalue weighted by Gasteiger charge is -2.33. The van der Waals surface area contributed by atoms with Crippen LogP contribution in [0.2, 0.25) is 0 Å². The first kappa shape index (κ1) is 17.3. The number of amides is 1. The minimum atomic E-state index is -0.115. The van der Waals surface area contributed by atoms with Gasteiger partial charge in [0, 0.05) is 16.9 Å². The van der Waals surface area contributed by atoms with Crippen molar-refractivity contribution in [1.82, 2.24) is 0 Å². The Kier molecular flexibility index (Phi) is 5.56. The summed E-state index contributed by atoms with van der Waals surface area (Å²) in [6, 6.07) is 15.2. The number of nitrogens with zero attached hydrogens (tertiary/aromatic N) is 1. The van der Waals surface area contributed by atoms with E-state index in [-0.39, 0.29) is 5.91 Å². The van der Waals surface area contributed by atoms with E-state index in [2.05, 4.69) is 29.3 Å². The summed E-state index contributed by atoms with van der Waals surface area (Å²) < 4.78 is 5.11. The van der Waals surface area contributed by atoms with Crippen LogP contribution in [0.15, 0.2) is 48.5 Å². The van der Waals surface area contributed by atoms with E-state index in [4.69, 9.17) is 4.74 Å². The highest BCUT2D eigenvalue weighted by Gasteiger charge is 2.18. The van der Waals surface area contributed by atoms with E-state index in [1.165, 1.54) is 25.3 Å². The van der Waals surface area contributed by atoms with Gasteiger partial charge < -0.3 is 19.9 Å². The van der Waals surface area contributed by atoms with Gasteiger partial charge >= 0.3 is 0 Å². The zero-order valence-corrected chi connectivity index (χ0v) is 14.9. The summed E-state index contributed by atoms with van der Waals surface area (Å²) in [5, 5.41) is 2.94. The van der Waals surface area contributed by atoms with Crippen molar-refractivity contribution in [1.29, 1.82) is 0 Å². The first-order chi connectivity index (χ1) is 12.2. The Morgan fingerprint density at radius 1 is 1.08 bits per heavy atom. The maximum atomic E-state index is 12.3. The van der Waals surface area contributed by atoms with E-state index in [1.807, 2.05) is 12.1 Å². The molecule has 0 atom stereocenters. The van der Waals surface area contributed by atoms with Gasteiger partial charge in [0.2, 0.25) is 0 Å². The molecule has 1 aliphatic heterocycles. The van der Waals surface area contributed by atoms with Crippen molar-refractivity contribution in [2.24, 2.45) is 0 Å². The number of quaternary nitrogens is 1. The van der Waals surface area contributed by atoms with Crippen LogP contribution in [0.3, 0.4) is 0 Å². The number of likely N-dealkylation sites (N-methyl/N-ethyl adjacent to an activating group) is 1. The minimum absolute atomic E-state index is 0.115. The fourth-order valence-electron chi connectivity index (χ4n) is 3.14. The van der Waals surface area contributed by atoms with Crippen LogP contribution < -0.4 is 19.9 Å². The van der Waals surface area contributed by atoms with Crippen LogP contribution >= 0.6 is 0 Å². The monoisotopic (exact) mass is 340 g/mol. The molecule has 2 aromatic rings. The molecule has 0 aromatic heterocycles. The second kappa shape index (κ2) is 8.03. The Labute approximate surface area is 149 Å². The highest BCUT2D eigenvalue weighted by atomic mass is 16.5. The molecule has 0 unspecified atom stereocenters. The highest BCUT2D eigenvalue weighted by molar-refractivity contribution is 6.04. The standard InChI is InChI=1S/C20H25N3O2/c1-3-22-12-14-23(15-13-22)18-8-6-17(7-9-18)21-20(24)16-4-10-19(25-2)11-5-16/h4-11H,3,12-15H2,1-2H3,(H,21,24)/p+1. The number of carbonyl (C=O) groups is 1. The average Bonchev–Trinajstić information content (AvgIpc) is 2.68. The van der Waals surface area contributed by atoms with Gasteiger partial charge in [0.05, 0.1) is 39.8 Å². The molecule has 0 bridgehead atoms. The van der Waals surface area contributed by atoms with E-state index in [9.17, 15) is 4.79 Å². The van der Waals surface area contributed by atoms with Crippen molar-refractivity contribution in [3.63, 3.8) is 0 Å². The van der Waals surface area contributed by atoms with Gasteiger partial charge in [0.25, 0.3) is 5.91 Å². The summed E-state index contributed by atoms with van der Waals surface area (Å²) >= 11 is 0. The smallest absolute Gasteiger partial charge is 0.255 e. The number of carbonyl (C=O) groups excluding carboxylic acids is 1. The van der Waals surface area contributed by atoms with Crippen molar-refractivity contribution in [2.45, 2.75) is 6.92 Å². The largest absolute Gasteiger partial charge is 0.497 e. The third-order valence-corrected chi connectivity index (χ3v) is 4.81. The van der Waals surface area contributed by atoms with Gasteiger partial charge in [-0.2, -0.15) is 0 Å². The highest BCUT2D eigenvalue weighted by Crippen LogP contribution is 2.19. The molecular formula is C20H26N3O2+. The first-order valence-electron chi connectivity index (χ1n) is 8.83. The molecule has 1 amide bonds. The summed E-state index contributed by atoms with van der Waals surface area (Å²) in [5.41, 5.74) is 2.64. The lowest BCUT2D eigenvalue weighted by molar-refractivity contribution is -0.898. The second-order valence-corrected chi connectivity index (χ2v) is 6.32. The summed E-state index contributed by atoms with van der Waals surface area (Å²) in [6.07, 6.45) is 0. The number of nitrogens with one attached hydrogen (secondary N) is 2. The fourth-order valence-corrected chi connectivity index (χ4v) is 3.14. The molecule has 3 rings (SSSR count). The van der Waals surface area contributed by atoms with Crippen LogP contribution in [-0.4, -0.2) is 45.7 Å². The summed E-state index contributed by atoms with van der Waals surface area (Å²) in [5.74, 6) is 0.626. The predicted octanol–water partition coefficient (Wildman–Crippen LogP) is 1.67. The lowest BCUT2D eigenvalue weighted by Crippen LogP contribution is -3.14. The maximum absolute atomic E-state index is 12.3. The maximum Gasteiger partial charge on any atom is 0.255 e. The quantitative estimate of drug-likeness (QED) is 0.870. The number of hydrogen-bond donors (Lipinski definition) is 2. The third-order valence-electron chi connectivity index (χ3n) is 4.81. The molecule has 5 heteroatoms. The lowest BCUT2D eigenvalue weighted by atomic mass is 10.2. The fraction of sp³-hybridized carbons (Fsp3) is 0.350. The van der Waals surface area contributed by atoms with Crippen LogP contribution in [0.25, 0.3) is 0 Å². The number of benzene rings is 2. The van der Waals surface area contributed by atoms with E-state index in [0.29, 0.717) is 5.56 Å². The SMILES string of the molecule is CC[NH+]1CCN(c2ccc(NC(=O)c3ccc(OC)cc3)cc2)CC1. The van der Waals surface area contributed by atoms with Crippen LogP contribution in [0.4, 0.5) is 11.4 Å². The van der Waals surface area contributed by atoms with Gasteiger partial charge in [-0.3, -0.25) is 4.79 Å². The Morgan fingerprint density at radius 2 is 1.72 bits per heavy atom. The molecule has 0 radical (unpaired) electrons. The molecule has 1 aliphatic rings. The van der Waals surface area contributed by atoms with Crippen LogP contribution in [-0.2, 0) is 0 Å². The van der Waals surface area contributed by atoms with E-state index < -0.39 is 0 Å². The van der Waals surface area contributed by atoms with E-state index in [1.54, 1.807) is 36.3 Å². The number of hydrogen-bond acceptors (Lipinski definition) is 3. The predicted molar refractivity (Wildman–Crippen MR) is 101 cm³/mol. The first-order valence-corrected chi connectivity index (χ1v) is 8.83. The molecule has 25 heavy (non-hydrogen) atoms. The molecule has 2 aromatic carbocycles. The van der Waals surface area contributed by atoms with Gasteiger partial charge in [-0.05, 0) is 55.5 Å². The summed E-state index contributed by atoms with van der Waals surface area (Å²) in [7, 11) is 1.61. The van der Waals surface area contributed by atoms with Crippen molar-refractivity contribution < 1.29 is 14.4 Å².